The number of aromatic nitrogens is 1. The first kappa shape index (κ1) is 27.5. The second kappa shape index (κ2) is 13.3. The molecule has 0 saturated carbocycles. The van der Waals surface area contributed by atoms with Crippen LogP contribution in [0.25, 0.3) is 0 Å². The van der Waals surface area contributed by atoms with Gasteiger partial charge in [-0.2, -0.15) is 0 Å². The number of pyridine rings is 1. The molecular formula is C26H42N4O5. The molecule has 2 aliphatic heterocycles. The van der Waals surface area contributed by atoms with Crippen molar-refractivity contribution < 1.29 is 24.5 Å². The van der Waals surface area contributed by atoms with Crippen LogP contribution >= 0.6 is 0 Å². The molecule has 2 atom stereocenters. The third-order valence-corrected chi connectivity index (χ3v) is 7.34. The fourth-order valence-electron chi connectivity index (χ4n) is 4.93. The number of carbonyl (C=O) groups is 2. The molecule has 0 radical (unpaired) electrons. The smallest absolute Gasteiger partial charge is 0.312 e. The fourth-order valence-corrected chi connectivity index (χ4v) is 4.93. The molecule has 0 aromatic carbocycles. The number of likely N-dealkylation sites (tertiary alicyclic amines) is 1. The third-order valence-electron chi connectivity index (χ3n) is 7.34. The Balaban J connectivity index is 1.64. The van der Waals surface area contributed by atoms with Gasteiger partial charge in [0.15, 0.2) is 0 Å². The maximum atomic E-state index is 13.2. The van der Waals surface area contributed by atoms with E-state index in [1.165, 1.54) is 0 Å². The second-order valence-electron chi connectivity index (χ2n) is 10.3. The average Bonchev–Trinajstić information content (AvgIpc) is 2.86. The van der Waals surface area contributed by atoms with Crippen LogP contribution in [-0.4, -0.2) is 107 Å². The van der Waals surface area contributed by atoms with Gasteiger partial charge in [0.25, 0.3) is 0 Å². The number of amides is 1. The van der Waals surface area contributed by atoms with Crippen LogP contribution in [0, 0.1) is 5.41 Å². The minimum Gasteiger partial charge on any atom is -0.462 e. The topological polar surface area (TPSA) is 106 Å². The molecule has 1 aromatic rings. The first-order valence-electron chi connectivity index (χ1n) is 12.9. The number of carbonyl (C=O) groups excluding carboxylic acids is 2. The van der Waals surface area contributed by atoms with E-state index in [-0.39, 0.29) is 24.9 Å². The summed E-state index contributed by atoms with van der Waals surface area (Å²) in [5.74, 6) is -0.223. The maximum Gasteiger partial charge on any atom is 0.312 e. The number of esters is 1. The van der Waals surface area contributed by atoms with Gasteiger partial charge in [-0.25, -0.2) is 0 Å². The summed E-state index contributed by atoms with van der Waals surface area (Å²) in [4.78, 5) is 36.5. The average molecular weight is 491 g/mol. The van der Waals surface area contributed by atoms with Crippen molar-refractivity contribution in [1.82, 2.24) is 19.7 Å². The van der Waals surface area contributed by atoms with Gasteiger partial charge in [-0.3, -0.25) is 19.5 Å². The van der Waals surface area contributed by atoms with Gasteiger partial charge in [0.05, 0.1) is 17.2 Å². The predicted octanol–water partition coefficient (Wildman–Crippen LogP) is 1.28. The van der Waals surface area contributed by atoms with Gasteiger partial charge < -0.3 is 24.7 Å². The molecule has 2 aliphatic rings. The molecule has 1 spiro atoms. The predicted molar refractivity (Wildman–Crippen MR) is 132 cm³/mol. The summed E-state index contributed by atoms with van der Waals surface area (Å²) in [6.45, 7) is 3.70. The summed E-state index contributed by atoms with van der Waals surface area (Å²) in [7, 11) is 3.87. The molecule has 0 unspecified atom stereocenters. The number of nitrogens with zero attached hydrogens (tertiary/aromatic N) is 4. The van der Waals surface area contributed by atoms with Crippen LogP contribution in [0.3, 0.4) is 0 Å². The minimum atomic E-state index is -1.17. The van der Waals surface area contributed by atoms with Gasteiger partial charge in [0.2, 0.25) is 5.91 Å². The number of hydrogen-bond acceptors (Lipinski definition) is 8. The molecule has 2 N–H and O–H groups in total. The molecule has 2 fully saturated rings. The first-order valence-corrected chi connectivity index (χ1v) is 12.9. The van der Waals surface area contributed by atoms with Crippen LogP contribution in [0.15, 0.2) is 24.4 Å². The number of ether oxygens (including phenoxy) is 1. The summed E-state index contributed by atoms with van der Waals surface area (Å²) in [6, 6.07) is 5.89. The largest absolute Gasteiger partial charge is 0.462 e. The highest BCUT2D eigenvalue weighted by atomic mass is 16.5. The molecule has 0 bridgehead atoms. The summed E-state index contributed by atoms with van der Waals surface area (Å²) >= 11 is 0. The summed E-state index contributed by atoms with van der Waals surface area (Å²) in [5, 5.41) is 20.8. The number of aliphatic hydroxyl groups excluding tert-OH is 2. The maximum absolute atomic E-state index is 13.2. The number of piperidine rings is 1. The van der Waals surface area contributed by atoms with E-state index < -0.39 is 17.6 Å². The van der Waals surface area contributed by atoms with Crippen LogP contribution in [0.2, 0.25) is 0 Å². The molecule has 0 aliphatic carbocycles. The van der Waals surface area contributed by atoms with Crippen LogP contribution in [0.1, 0.15) is 50.6 Å². The Morgan fingerprint density at radius 1 is 1.11 bits per heavy atom. The highest BCUT2D eigenvalue weighted by molar-refractivity contribution is 5.77. The Morgan fingerprint density at radius 2 is 1.89 bits per heavy atom. The van der Waals surface area contributed by atoms with Crippen molar-refractivity contribution >= 4 is 11.9 Å². The highest BCUT2D eigenvalue weighted by Crippen LogP contribution is 2.38. The number of rotatable bonds is 5. The lowest BCUT2D eigenvalue weighted by atomic mass is 9.74. The third kappa shape index (κ3) is 8.24. The number of cyclic esters (lactones) is 1. The summed E-state index contributed by atoms with van der Waals surface area (Å²) in [6.07, 6.45) is 3.92. The van der Waals surface area contributed by atoms with Gasteiger partial charge >= 0.3 is 5.97 Å². The summed E-state index contributed by atoms with van der Waals surface area (Å²) in [5.41, 5.74) is 0.413. The molecule has 9 nitrogen and oxygen atoms in total. The van der Waals surface area contributed by atoms with Crippen molar-refractivity contribution in [3.05, 3.63) is 30.1 Å². The lowest BCUT2D eigenvalue weighted by Crippen LogP contribution is -2.46. The van der Waals surface area contributed by atoms with E-state index in [4.69, 9.17) is 4.74 Å². The van der Waals surface area contributed by atoms with Crippen molar-refractivity contribution in [2.24, 2.45) is 5.41 Å². The molecule has 1 aromatic heterocycles. The molecule has 35 heavy (non-hydrogen) atoms. The number of aliphatic hydroxyl groups is 2. The lowest BCUT2D eigenvalue weighted by Gasteiger charge is -2.40. The van der Waals surface area contributed by atoms with E-state index in [2.05, 4.69) is 9.88 Å². The van der Waals surface area contributed by atoms with Crippen molar-refractivity contribution in [2.75, 3.05) is 53.4 Å². The number of hydrogen-bond donors (Lipinski definition) is 2. The van der Waals surface area contributed by atoms with Crippen LogP contribution in [0.4, 0.5) is 0 Å². The Bertz CT molecular complexity index is 798. The first-order chi connectivity index (χ1) is 16.8. The molecule has 3 heterocycles. The highest BCUT2D eigenvalue weighted by Gasteiger charge is 2.42. The Labute approximate surface area is 209 Å². The quantitative estimate of drug-likeness (QED) is 0.595. The van der Waals surface area contributed by atoms with Crippen molar-refractivity contribution in [3.63, 3.8) is 0 Å². The van der Waals surface area contributed by atoms with E-state index >= 15 is 0 Å². The molecular weight excluding hydrogens is 448 g/mol. The van der Waals surface area contributed by atoms with E-state index in [1.807, 2.05) is 37.2 Å². The van der Waals surface area contributed by atoms with Gasteiger partial charge in [-0.1, -0.05) is 12.5 Å². The zero-order chi connectivity index (χ0) is 25.3. The minimum absolute atomic E-state index is 0.0557. The van der Waals surface area contributed by atoms with Gasteiger partial charge in [-0.15, -0.1) is 0 Å². The standard InChI is InChI=1S/C26H42N4O5/c1-28(2)15-9-24(33)30-14-6-4-10-26(25(34)35-20-23(32)22(31)8-16-30)11-17-29(18-12-26)19-21-7-3-5-13-27-21/h3,5,7,13,22-23,31-32H,4,6,8-12,14-20H2,1-2H3/t22-,23+/m0/s1. The molecule has 1 amide bonds. The van der Waals surface area contributed by atoms with Crippen LogP contribution in [-0.2, 0) is 20.9 Å². The van der Waals surface area contributed by atoms with Crippen LogP contribution in [0.5, 0.6) is 0 Å². The van der Waals surface area contributed by atoms with E-state index in [1.54, 1.807) is 11.1 Å². The Hall–Kier alpha value is -2.07. The van der Waals surface area contributed by atoms with E-state index in [0.717, 1.165) is 38.2 Å². The van der Waals surface area contributed by atoms with E-state index in [9.17, 15) is 19.8 Å². The van der Waals surface area contributed by atoms with Gasteiger partial charge in [-0.05, 0) is 71.4 Å². The fraction of sp³-hybridized carbons (Fsp3) is 0.731. The Morgan fingerprint density at radius 3 is 2.57 bits per heavy atom. The zero-order valence-corrected chi connectivity index (χ0v) is 21.3. The molecule has 2 saturated heterocycles. The SMILES string of the molecule is CN(C)CCC(=O)N1CCCCC2(CCN(Cc3ccccn3)CC2)C(=O)OC[C@@H](O)[C@@H](O)CC1. The zero-order valence-electron chi connectivity index (χ0n) is 21.3. The normalized spacial score (nSPS) is 24.9. The molecule has 3 rings (SSSR count). The summed E-state index contributed by atoms with van der Waals surface area (Å²) < 4.78 is 5.56. The van der Waals surface area contributed by atoms with Gasteiger partial charge in [0.1, 0.15) is 12.7 Å². The second-order valence-corrected chi connectivity index (χ2v) is 10.3. The lowest BCUT2D eigenvalue weighted by molar-refractivity contribution is -0.165. The Kier molecular flexibility index (Phi) is 10.5. The van der Waals surface area contributed by atoms with Crippen molar-refractivity contribution in [3.8, 4) is 0 Å². The van der Waals surface area contributed by atoms with Crippen molar-refractivity contribution in [1.29, 1.82) is 0 Å². The monoisotopic (exact) mass is 490 g/mol. The molecule has 196 valence electrons. The molecule has 9 heteroatoms. The van der Waals surface area contributed by atoms with Gasteiger partial charge in [0, 0.05) is 38.8 Å². The van der Waals surface area contributed by atoms with E-state index in [0.29, 0.717) is 45.3 Å². The van der Waals surface area contributed by atoms with Crippen LogP contribution < -0.4 is 0 Å². The van der Waals surface area contributed by atoms with Crippen molar-refractivity contribution in [2.45, 2.75) is 63.7 Å².